The summed E-state index contributed by atoms with van der Waals surface area (Å²) in [5, 5.41) is 3.10. The summed E-state index contributed by atoms with van der Waals surface area (Å²) in [5.74, 6) is 1.63. The molecular weight excluding hydrogens is 254 g/mol. The van der Waals surface area contributed by atoms with Crippen LogP contribution >= 0.6 is 0 Å². The van der Waals surface area contributed by atoms with E-state index in [0.717, 1.165) is 12.1 Å². The van der Waals surface area contributed by atoms with E-state index >= 15 is 0 Å². The molecule has 0 saturated heterocycles. The van der Waals surface area contributed by atoms with Crippen molar-refractivity contribution in [1.82, 2.24) is 29.5 Å². The van der Waals surface area contributed by atoms with Crippen LogP contribution in [0.2, 0.25) is 0 Å². The molecule has 0 aliphatic heterocycles. The number of nitrogens with one attached hydrogen (secondary N) is 1. The van der Waals surface area contributed by atoms with Crippen molar-refractivity contribution in [3.63, 3.8) is 0 Å². The molecule has 100 valence electrons. The highest BCUT2D eigenvalue weighted by Crippen LogP contribution is 2.16. The number of hydrogen-bond donors (Lipinski definition) is 1. The zero-order chi connectivity index (χ0) is 13.8. The molecule has 0 radical (unpaired) electrons. The van der Waals surface area contributed by atoms with Crippen molar-refractivity contribution < 1.29 is 0 Å². The largest absolute Gasteiger partial charge is 0.354 e. The lowest BCUT2D eigenvalue weighted by molar-refractivity contribution is 0.896. The quantitative estimate of drug-likeness (QED) is 0.772. The van der Waals surface area contributed by atoms with E-state index in [1.54, 1.807) is 35.7 Å². The predicted molar refractivity (Wildman–Crippen MR) is 74.3 cm³/mol. The Bertz CT molecular complexity index is 679. The van der Waals surface area contributed by atoms with Gasteiger partial charge in [-0.25, -0.2) is 4.98 Å². The van der Waals surface area contributed by atoms with Gasteiger partial charge >= 0.3 is 0 Å². The summed E-state index contributed by atoms with van der Waals surface area (Å²) in [6, 6.07) is 3.76. The monoisotopic (exact) mass is 267 g/mol. The minimum atomic E-state index is 0.521. The number of imidazole rings is 1. The fourth-order valence-electron chi connectivity index (χ4n) is 1.72. The van der Waals surface area contributed by atoms with Crippen molar-refractivity contribution >= 4 is 5.95 Å². The Balaban J connectivity index is 2.10. The maximum absolute atomic E-state index is 4.45. The maximum atomic E-state index is 4.45. The van der Waals surface area contributed by atoms with E-state index in [-0.39, 0.29) is 0 Å². The number of rotatable bonds is 4. The van der Waals surface area contributed by atoms with Gasteiger partial charge in [-0.1, -0.05) is 0 Å². The van der Waals surface area contributed by atoms with Gasteiger partial charge in [-0.2, -0.15) is 15.0 Å². The van der Waals surface area contributed by atoms with E-state index < -0.39 is 0 Å². The lowest BCUT2D eigenvalue weighted by Crippen LogP contribution is -2.09. The summed E-state index contributed by atoms with van der Waals surface area (Å²) in [6.45, 7) is 2.73. The molecule has 0 bridgehead atoms. The molecule has 20 heavy (non-hydrogen) atoms. The molecule has 0 aliphatic rings. The summed E-state index contributed by atoms with van der Waals surface area (Å²) >= 11 is 0. The van der Waals surface area contributed by atoms with Crippen LogP contribution in [0.15, 0.2) is 43.2 Å². The molecule has 0 unspecified atom stereocenters. The highest BCUT2D eigenvalue weighted by molar-refractivity contribution is 5.55. The van der Waals surface area contributed by atoms with Crippen molar-refractivity contribution in [2.45, 2.75) is 6.92 Å². The normalized spacial score (nSPS) is 10.4. The zero-order valence-corrected chi connectivity index (χ0v) is 10.9. The third-order valence-electron chi connectivity index (χ3n) is 2.61. The van der Waals surface area contributed by atoms with Crippen LogP contribution in [0.1, 0.15) is 6.92 Å². The highest BCUT2D eigenvalue weighted by Gasteiger charge is 2.09. The van der Waals surface area contributed by atoms with Crippen molar-refractivity contribution in [2.24, 2.45) is 0 Å². The molecule has 3 heterocycles. The Morgan fingerprint density at radius 3 is 2.80 bits per heavy atom. The SMILES string of the molecule is CCNc1nc(-c2cccnc2)nc(-n2ccnc2)n1. The van der Waals surface area contributed by atoms with Crippen molar-refractivity contribution in [3.8, 4) is 17.3 Å². The summed E-state index contributed by atoms with van der Waals surface area (Å²) in [4.78, 5) is 21.3. The van der Waals surface area contributed by atoms with Gasteiger partial charge in [0, 0.05) is 36.9 Å². The van der Waals surface area contributed by atoms with Crippen LogP contribution in [0.25, 0.3) is 17.3 Å². The van der Waals surface area contributed by atoms with Gasteiger partial charge in [-0.05, 0) is 19.1 Å². The Kier molecular flexibility index (Phi) is 3.32. The van der Waals surface area contributed by atoms with Crippen LogP contribution in [0, 0.1) is 0 Å². The van der Waals surface area contributed by atoms with Gasteiger partial charge in [0.15, 0.2) is 5.82 Å². The molecule has 0 saturated carbocycles. The van der Waals surface area contributed by atoms with Crippen LogP contribution in [-0.2, 0) is 0 Å². The third kappa shape index (κ3) is 2.46. The van der Waals surface area contributed by atoms with E-state index in [1.165, 1.54) is 0 Å². The van der Waals surface area contributed by atoms with Crippen LogP contribution in [0.5, 0.6) is 0 Å². The lowest BCUT2D eigenvalue weighted by Gasteiger charge is -2.07. The number of anilines is 1. The topological polar surface area (TPSA) is 81.4 Å². The molecular formula is C13H13N7. The molecule has 3 rings (SSSR count). The average Bonchev–Trinajstić information content (AvgIpc) is 3.02. The first-order valence-corrected chi connectivity index (χ1v) is 6.25. The van der Waals surface area contributed by atoms with Gasteiger partial charge in [0.1, 0.15) is 6.33 Å². The zero-order valence-electron chi connectivity index (χ0n) is 10.9. The molecule has 0 aliphatic carbocycles. The molecule has 7 heteroatoms. The fraction of sp³-hybridized carbons (Fsp3) is 0.154. The van der Waals surface area contributed by atoms with Crippen LogP contribution in [0.3, 0.4) is 0 Å². The van der Waals surface area contributed by atoms with Gasteiger partial charge in [0.25, 0.3) is 0 Å². The Morgan fingerprint density at radius 1 is 1.15 bits per heavy atom. The minimum absolute atomic E-state index is 0.521. The molecule has 0 atom stereocenters. The van der Waals surface area contributed by atoms with E-state index in [0.29, 0.717) is 17.7 Å². The van der Waals surface area contributed by atoms with Crippen LogP contribution in [0.4, 0.5) is 5.95 Å². The molecule has 0 fully saturated rings. The van der Waals surface area contributed by atoms with Crippen molar-refractivity contribution in [3.05, 3.63) is 43.2 Å². The predicted octanol–water partition coefficient (Wildman–Crippen LogP) is 1.55. The molecule has 0 aromatic carbocycles. The smallest absolute Gasteiger partial charge is 0.240 e. The maximum Gasteiger partial charge on any atom is 0.240 e. The van der Waals surface area contributed by atoms with Crippen LogP contribution < -0.4 is 5.32 Å². The molecule has 1 N–H and O–H groups in total. The second-order valence-corrected chi connectivity index (χ2v) is 4.02. The van der Waals surface area contributed by atoms with E-state index in [9.17, 15) is 0 Å². The summed E-state index contributed by atoms with van der Waals surface area (Å²) in [7, 11) is 0. The fourth-order valence-corrected chi connectivity index (χ4v) is 1.72. The number of nitrogens with zero attached hydrogens (tertiary/aromatic N) is 6. The van der Waals surface area contributed by atoms with Crippen molar-refractivity contribution in [2.75, 3.05) is 11.9 Å². The molecule has 7 nitrogen and oxygen atoms in total. The second kappa shape index (κ2) is 5.43. The van der Waals surface area contributed by atoms with Crippen LogP contribution in [-0.4, -0.2) is 36.0 Å². The van der Waals surface area contributed by atoms with Gasteiger partial charge in [0.05, 0.1) is 0 Å². The lowest BCUT2D eigenvalue weighted by atomic mass is 10.3. The standard InChI is InChI=1S/C13H13N7/c1-2-16-12-17-11(10-4-3-5-14-8-10)18-13(19-12)20-7-6-15-9-20/h3-9H,2H2,1H3,(H,16,17,18,19). The highest BCUT2D eigenvalue weighted by atomic mass is 15.2. The van der Waals surface area contributed by atoms with Crippen molar-refractivity contribution in [1.29, 1.82) is 0 Å². The first-order valence-electron chi connectivity index (χ1n) is 6.25. The van der Waals surface area contributed by atoms with Gasteiger partial charge in [-0.3, -0.25) is 9.55 Å². The number of hydrogen-bond acceptors (Lipinski definition) is 6. The Hall–Kier alpha value is -2.83. The van der Waals surface area contributed by atoms with Gasteiger partial charge in [0.2, 0.25) is 11.9 Å². The van der Waals surface area contributed by atoms with E-state index in [1.807, 2.05) is 19.1 Å². The van der Waals surface area contributed by atoms with Gasteiger partial charge < -0.3 is 5.32 Å². The first kappa shape index (κ1) is 12.2. The summed E-state index contributed by atoms with van der Waals surface area (Å²) in [6.07, 6.45) is 8.56. The number of aromatic nitrogens is 6. The Labute approximate surface area is 115 Å². The Morgan fingerprint density at radius 2 is 2.10 bits per heavy atom. The summed E-state index contributed by atoms with van der Waals surface area (Å²) in [5.41, 5.74) is 0.843. The summed E-state index contributed by atoms with van der Waals surface area (Å²) < 4.78 is 1.74. The second-order valence-electron chi connectivity index (χ2n) is 4.02. The first-order chi connectivity index (χ1) is 9.86. The molecule has 0 spiro atoms. The molecule has 0 amide bonds. The average molecular weight is 267 g/mol. The number of pyridine rings is 1. The molecule has 3 aromatic rings. The van der Waals surface area contributed by atoms with E-state index in [4.69, 9.17) is 0 Å². The minimum Gasteiger partial charge on any atom is -0.354 e. The molecule has 3 aromatic heterocycles. The van der Waals surface area contributed by atoms with Gasteiger partial charge in [-0.15, -0.1) is 0 Å². The third-order valence-corrected chi connectivity index (χ3v) is 2.61. The van der Waals surface area contributed by atoms with E-state index in [2.05, 4.69) is 30.2 Å².